The normalized spacial score (nSPS) is 26.0. The van der Waals surface area contributed by atoms with Crippen molar-refractivity contribution in [2.24, 2.45) is 5.14 Å². The summed E-state index contributed by atoms with van der Waals surface area (Å²) in [6.07, 6.45) is 5.84. The van der Waals surface area contributed by atoms with Gasteiger partial charge >= 0.3 is 0 Å². The Kier molecular flexibility index (Phi) is 3.73. The van der Waals surface area contributed by atoms with E-state index in [-0.39, 0.29) is 16.7 Å². The molecule has 5 nitrogen and oxygen atoms in total. The number of hydrogen-bond donors (Lipinski definition) is 1. The van der Waals surface area contributed by atoms with E-state index in [0.29, 0.717) is 11.3 Å². The average Bonchev–Trinajstić information content (AvgIpc) is 3.03. The van der Waals surface area contributed by atoms with Crippen LogP contribution in [0.1, 0.15) is 60.7 Å². The van der Waals surface area contributed by atoms with Crippen LogP contribution in [-0.2, 0) is 10.0 Å². The summed E-state index contributed by atoms with van der Waals surface area (Å²) >= 11 is 0. The molecule has 2 saturated carbocycles. The number of aromatic nitrogens is 1. The Morgan fingerprint density at radius 2 is 1.76 bits per heavy atom. The molecule has 25 heavy (non-hydrogen) atoms. The molecule has 134 valence electrons. The van der Waals surface area contributed by atoms with E-state index in [4.69, 9.17) is 9.56 Å². The van der Waals surface area contributed by atoms with Crippen LogP contribution in [0, 0.1) is 0 Å². The average molecular weight is 368 g/mol. The lowest BCUT2D eigenvalue weighted by Crippen LogP contribution is -2.11. The van der Waals surface area contributed by atoms with E-state index in [0.717, 1.165) is 25.7 Å². The minimum absolute atomic E-state index is 0.0624. The second-order valence-corrected chi connectivity index (χ2v) is 8.39. The summed E-state index contributed by atoms with van der Waals surface area (Å²) in [5.74, 6) is -4.09. The van der Waals surface area contributed by atoms with Gasteiger partial charge in [0.25, 0.3) is 5.92 Å². The molecule has 2 aliphatic rings. The summed E-state index contributed by atoms with van der Waals surface area (Å²) in [6, 6.07) is 5.24. The highest BCUT2D eigenvalue weighted by atomic mass is 32.2. The Morgan fingerprint density at radius 3 is 2.36 bits per heavy atom. The molecule has 0 amide bonds. The molecule has 0 bridgehead atoms. The number of primary sulfonamides is 1. The topological polar surface area (TPSA) is 86.2 Å². The molecular weight excluding hydrogens is 350 g/mol. The number of benzene rings is 1. The molecule has 1 aromatic carbocycles. The molecule has 4 rings (SSSR count). The Bertz CT molecular complexity index is 887. The molecule has 2 aromatic rings. The standard InChI is InChI=1S/C17H18F2N2O3S/c18-17(19)14(11-5-7-12(8-6-11)25(20,22)23)15(17)16-21-9-13(24-16)10-3-1-2-4-10/h5-10,14-15H,1-4H2,(H2,20,22,23)/t14-,15+/m1/s1. The van der Waals surface area contributed by atoms with Crippen LogP contribution in [0.25, 0.3) is 0 Å². The summed E-state index contributed by atoms with van der Waals surface area (Å²) in [6.45, 7) is 0. The van der Waals surface area contributed by atoms with Crippen molar-refractivity contribution >= 4 is 10.0 Å². The van der Waals surface area contributed by atoms with Crippen LogP contribution < -0.4 is 5.14 Å². The lowest BCUT2D eigenvalue weighted by atomic mass is 10.1. The smallest absolute Gasteiger partial charge is 0.268 e. The van der Waals surface area contributed by atoms with Crippen LogP contribution in [0.2, 0.25) is 0 Å². The third-order valence-corrected chi connectivity index (χ3v) is 6.12. The first-order chi connectivity index (χ1) is 11.8. The Balaban J connectivity index is 1.57. The number of oxazole rings is 1. The van der Waals surface area contributed by atoms with Gasteiger partial charge in [-0.2, -0.15) is 0 Å². The van der Waals surface area contributed by atoms with Gasteiger partial charge < -0.3 is 4.42 Å². The molecule has 2 N–H and O–H groups in total. The minimum Gasteiger partial charge on any atom is -0.445 e. The maximum absolute atomic E-state index is 14.3. The van der Waals surface area contributed by atoms with Crippen molar-refractivity contribution in [1.82, 2.24) is 4.98 Å². The number of hydrogen-bond acceptors (Lipinski definition) is 4. The Morgan fingerprint density at radius 1 is 1.12 bits per heavy atom. The fourth-order valence-electron chi connectivity index (χ4n) is 3.76. The van der Waals surface area contributed by atoms with E-state index in [1.165, 1.54) is 24.3 Å². The largest absolute Gasteiger partial charge is 0.445 e. The minimum atomic E-state index is -3.84. The van der Waals surface area contributed by atoms with Gasteiger partial charge in [0.1, 0.15) is 11.7 Å². The van der Waals surface area contributed by atoms with E-state index < -0.39 is 27.8 Å². The van der Waals surface area contributed by atoms with Crippen molar-refractivity contribution in [1.29, 1.82) is 0 Å². The van der Waals surface area contributed by atoms with E-state index in [1.54, 1.807) is 6.20 Å². The van der Waals surface area contributed by atoms with Crippen LogP contribution in [0.5, 0.6) is 0 Å². The van der Waals surface area contributed by atoms with Crippen molar-refractivity contribution in [2.75, 3.05) is 0 Å². The highest BCUT2D eigenvalue weighted by Gasteiger charge is 2.71. The van der Waals surface area contributed by atoms with Crippen molar-refractivity contribution in [2.45, 2.75) is 54.3 Å². The van der Waals surface area contributed by atoms with Gasteiger partial charge in [-0.3, -0.25) is 0 Å². The third-order valence-electron chi connectivity index (χ3n) is 5.19. The van der Waals surface area contributed by atoms with E-state index >= 15 is 0 Å². The second kappa shape index (κ2) is 5.60. The van der Waals surface area contributed by atoms with E-state index in [1.807, 2.05) is 0 Å². The molecule has 0 aliphatic heterocycles. The lowest BCUT2D eigenvalue weighted by molar-refractivity contribution is 0.101. The fourth-order valence-corrected chi connectivity index (χ4v) is 4.27. The molecule has 8 heteroatoms. The van der Waals surface area contributed by atoms with Gasteiger partial charge in [-0.15, -0.1) is 0 Å². The molecule has 0 unspecified atom stereocenters. The van der Waals surface area contributed by atoms with Crippen molar-refractivity contribution in [3.63, 3.8) is 0 Å². The zero-order chi connectivity index (χ0) is 17.8. The molecule has 0 spiro atoms. The lowest BCUT2D eigenvalue weighted by Gasteiger charge is -2.02. The van der Waals surface area contributed by atoms with Gasteiger partial charge in [0.2, 0.25) is 15.9 Å². The third kappa shape index (κ3) is 2.87. The zero-order valence-corrected chi connectivity index (χ0v) is 14.2. The maximum atomic E-state index is 14.3. The fraction of sp³-hybridized carbons (Fsp3) is 0.471. The first-order valence-electron chi connectivity index (χ1n) is 8.24. The summed E-state index contributed by atoms with van der Waals surface area (Å²) < 4.78 is 56.8. The molecule has 2 fully saturated rings. The number of halogens is 2. The van der Waals surface area contributed by atoms with Crippen molar-refractivity contribution < 1.29 is 21.6 Å². The van der Waals surface area contributed by atoms with Crippen LogP contribution in [0.4, 0.5) is 8.78 Å². The van der Waals surface area contributed by atoms with Gasteiger partial charge in [0.05, 0.1) is 17.0 Å². The first kappa shape index (κ1) is 16.7. The van der Waals surface area contributed by atoms with E-state index in [9.17, 15) is 17.2 Å². The summed E-state index contributed by atoms with van der Waals surface area (Å²) in [5.41, 5.74) is 0.350. The molecule has 1 heterocycles. The van der Waals surface area contributed by atoms with Gasteiger partial charge in [-0.05, 0) is 30.5 Å². The predicted molar refractivity (Wildman–Crippen MR) is 86.0 cm³/mol. The van der Waals surface area contributed by atoms with Crippen molar-refractivity contribution in [3.8, 4) is 0 Å². The van der Waals surface area contributed by atoms with Gasteiger partial charge in [-0.25, -0.2) is 27.3 Å². The molecular formula is C17H18F2N2O3S. The van der Waals surface area contributed by atoms with Crippen LogP contribution in [-0.4, -0.2) is 19.3 Å². The van der Waals surface area contributed by atoms with Gasteiger partial charge in [-0.1, -0.05) is 25.0 Å². The van der Waals surface area contributed by atoms with Crippen LogP contribution >= 0.6 is 0 Å². The quantitative estimate of drug-likeness (QED) is 0.895. The second-order valence-electron chi connectivity index (χ2n) is 6.83. The van der Waals surface area contributed by atoms with Gasteiger partial charge in [0, 0.05) is 5.92 Å². The number of nitrogens with two attached hydrogens (primary N) is 1. The highest BCUT2D eigenvalue weighted by Crippen LogP contribution is 2.67. The molecule has 2 aliphatic carbocycles. The summed E-state index contributed by atoms with van der Waals surface area (Å²) in [4.78, 5) is 3.99. The van der Waals surface area contributed by atoms with E-state index in [2.05, 4.69) is 4.98 Å². The van der Waals surface area contributed by atoms with Crippen molar-refractivity contribution in [3.05, 3.63) is 47.7 Å². The zero-order valence-electron chi connectivity index (χ0n) is 13.4. The van der Waals surface area contributed by atoms with Gasteiger partial charge in [0.15, 0.2) is 0 Å². The molecule has 0 saturated heterocycles. The molecule has 2 atom stereocenters. The first-order valence-corrected chi connectivity index (χ1v) is 9.79. The highest BCUT2D eigenvalue weighted by molar-refractivity contribution is 7.89. The number of alkyl halides is 2. The van der Waals surface area contributed by atoms with Crippen LogP contribution in [0.3, 0.4) is 0 Å². The number of nitrogens with zero attached hydrogens (tertiary/aromatic N) is 1. The van der Waals surface area contributed by atoms with Crippen LogP contribution in [0.15, 0.2) is 39.8 Å². The Labute approximate surface area is 144 Å². The molecule has 1 aromatic heterocycles. The monoisotopic (exact) mass is 368 g/mol. The predicted octanol–water partition coefficient (Wildman–Crippen LogP) is 3.50. The maximum Gasteiger partial charge on any atom is 0.268 e. The SMILES string of the molecule is NS(=O)(=O)c1ccc([C@@H]2[C@@H](c3ncc(C4CCCC4)o3)C2(F)F)cc1. The Hall–Kier alpha value is -1.80. The number of sulfonamides is 1. The summed E-state index contributed by atoms with van der Waals surface area (Å²) in [7, 11) is -3.84. The molecule has 0 radical (unpaired) electrons. The number of rotatable bonds is 4. The summed E-state index contributed by atoms with van der Waals surface area (Å²) in [5, 5.41) is 5.03.